The molecule has 0 saturated carbocycles. The van der Waals surface area contributed by atoms with Gasteiger partial charge in [-0.2, -0.15) is 0 Å². The van der Waals surface area contributed by atoms with Crippen molar-refractivity contribution in [3.05, 3.63) is 58.1 Å². The van der Waals surface area contributed by atoms with E-state index in [1.807, 2.05) is 49.4 Å². The Kier molecular flexibility index (Phi) is 3.97. The zero-order valence-electron chi connectivity index (χ0n) is 11.7. The summed E-state index contributed by atoms with van der Waals surface area (Å²) in [4.78, 5) is 12.2. The lowest BCUT2D eigenvalue weighted by Gasteiger charge is -2.26. The zero-order valence-corrected chi connectivity index (χ0v) is 13.3. The van der Waals surface area contributed by atoms with Gasteiger partial charge in [0.15, 0.2) is 5.78 Å². The molecule has 0 radical (unpaired) electrons. The van der Waals surface area contributed by atoms with Crippen LogP contribution < -0.4 is 10.1 Å². The average molecular weight is 346 g/mol. The summed E-state index contributed by atoms with van der Waals surface area (Å²) in [5.41, 5.74) is 2.76. The minimum Gasteiger partial charge on any atom is -0.493 e. The van der Waals surface area contributed by atoms with Gasteiger partial charge in [-0.1, -0.05) is 18.2 Å². The van der Waals surface area contributed by atoms with Crippen molar-refractivity contribution in [3.8, 4) is 5.75 Å². The van der Waals surface area contributed by atoms with Crippen molar-refractivity contribution in [1.29, 1.82) is 0 Å². The standard InChI is InChI=1S/C17H16BrNO2/c1-2-21-17-8-7-11(9-13(17)18)15-10-16(20)12-5-3-4-6-14(12)19-15/h3-9,15,19H,2,10H2,1H3. The third-order valence-corrected chi connectivity index (χ3v) is 4.22. The van der Waals surface area contributed by atoms with E-state index in [0.29, 0.717) is 13.0 Å². The van der Waals surface area contributed by atoms with Gasteiger partial charge in [-0.3, -0.25) is 4.79 Å². The molecule has 0 fully saturated rings. The number of ether oxygens (including phenoxy) is 1. The first-order valence-corrected chi connectivity index (χ1v) is 7.79. The Morgan fingerprint density at radius 3 is 2.86 bits per heavy atom. The fraction of sp³-hybridized carbons (Fsp3) is 0.235. The predicted molar refractivity (Wildman–Crippen MR) is 87.1 cm³/mol. The molecule has 1 aliphatic rings. The van der Waals surface area contributed by atoms with Crippen LogP contribution in [0.15, 0.2) is 46.9 Å². The molecule has 0 aromatic heterocycles. The van der Waals surface area contributed by atoms with E-state index in [4.69, 9.17) is 4.74 Å². The number of carbonyl (C=O) groups is 1. The molecule has 3 nitrogen and oxygen atoms in total. The molecule has 21 heavy (non-hydrogen) atoms. The highest BCUT2D eigenvalue weighted by molar-refractivity contribution is 9.10. The summed E-state index contributed by atoms with van der Waals surface area (Å²) in [6.45, 7) is 2.59. The first-order valence-electron chi connectivity index (χ1n) is 7.00. The summed E-state index contributed by atoms with van der Waals surface area (Å²) in [5, 5.41) is 3.44. The number of nitrogens with one attached hydrogen (secondary N) is 1. The smallest absolute Gasteiger partial charge is 0.167 e. The Balaban J connectivity index is 1.89. The summed E-state index contributed by atoms with van der Waals surface area (Å²) in [5.74, 6) is 1.00. The number of fused-ring (bicyclic) bond motifs is 1. The lowest BCUT2D eigenvalue weighted by Crippen LogP contribution is -2.22. The first kappa shape index (κ1) is 14.1. The van der Waals surface area contributed by atoms with Crippen molar-refractivity contribution >= 4 is 27.4 Å². The van der Waals surface area contributed by atoms with Crippen molar-refractivity contribution in [2.75, 3.05) is 11.9 Å². The second-order valence-corrected chi connectivity index (χ2v) is 5.85. The summed E-state index contributed by atoms with van der Waals surface area (Å²) < 4.78 is 6.43. The quantitative estimate of drug-likeness (QED) is 0.884. The van der Waals surface area contributed by atoms with Gasteiger partial charge in [-0.05, 0) is 52.7 Å². The minimum atomic E-state index is -0.000577. The van der Waals surface area contributed by atoms with Crippen LogP contribution in [0.2, 0.25) is 0 Å². The van der Waals surface area contributed by atoms with Gasteiger partial charge in [-0.15, -0.1) is 0 Å². The number of Topliss-reactive ketones (excluding diaryl/α,β-unsaturated/α-hetero) is 1. The molecule has 2 aromatic carbocycles. The molecule has 0 amide bonds. The number of halogens is 1. The number of benzene rings is 2. The van der Waals surface area contributed by atoms with E-state index in [2.05, 4.69) is 21.2 Å². The van der Waals surface area contributed by atoms with Crippen molar-refractivity contribution in [3.63, 3.8) is 0 Å². The molecule has 0 aliphatic carbocycles. The van der Waals surface area contributed by atoms with Gasteiger partial charge in [0.25, 0.3) is 0 Å². The third kappa shape index (κ3) is 2.81. The molecule has 2 aromatic rings. The Bertz CT molecular complexity index is 684. The van der Waals surface area contributed by atoms with E-state index >= 15 is 0 Å². The number of carbonyl (C=O) groups excluding carboxylic acids is 1. The SMILES string of the molecule is CCOc1ccc(C2CC(=O)c3ccccc3N2)cc1Br. The molecule has 4 heteroatoms. The fourth-order valence-electron chi connectivity index (χ4n) is 2.59. The van der Waals surface area contributed by atoms with Gasteiger partial charge in [0.1, 0.15) is 5.75 Å². The maximum absolute atomic E-state index is 12.2. The molecule has 0 bridgehead atoms. The second-order valence-electron chi connectivity index (χ2n) is 4.99. The number of anilines is 1. The van der Waals surface area contributed by atoms with Crippen molar-refractivity contribution in [2.24, 2.45) is 0 Å². The fourth-order valence-corrected chi connectivity index (χ4v) is 3.10. The lowest BCUT2D eigenvalue weighted by atomic mass is 9.92. The summed E-state index contributed by atoms with van der Waals surface area (Å²) in [6.07, 6.45) is 0.470. The van der Waals surface area contributed by atoms with Crippen LogP contribution in [-0.2, 0) is 0 Å². The molecule has 0 saturated heterocycles. The average Bonchev–Trinajstić information content (AvgIpc) is 2.49. The lowest BCUT2D eigenvalue weighted by molar-refractivity contribution is 0.0972. The van der Waals surface area contributed by atoms with E-state index in [-0.39, 0.29) is 11.8 Å². The molecule has 1 heterocycles. The molecule has 3 rings (SSSR count). The van der Waals surface area contributed by atoms with Crippen LogP contribution in [0.25, 0.3) is 0 Å². The normalized spacial score (nSPS) is 17.0. The van der Waals surface area contributed by atoms with Gasteiger partial charge in [0.2, 0.25) is 0 Å². The van der Waals surface area contributed by atoms with Crippen LogP contribution in [0.4, 0.5) is 5.69 Å². The van der Waals surface area contributed by atoms with Gasteiger partial charge in [0, 0.05) is 17.7 Å². The Morgan fingerprint density at radius 2 is 2.10 bits per heavy atom. The van der Waals surface area contributed by atoms with E-state index in [1.54, 1.807) is 0 Å². The highest BCUT2D eigenvalue weighted by Crippen LogP contribution is 2.35. The number of ketones is 1. The van der Waals surface area contributed by atoms with E-state index in [9.17, 15) is 4.79 Å². The number of hydrogen-bond donors (Lipinski definition) is 1. The molecule has 108 valence electrons. The zero-order chi connectivity index (χ0) is 14.8. The van der Waals surface area contributed by atoms with E-state index in [1.165, 1.54) is 0 Å². The topological polar surface area (TPSA) is 38.3 Å². The Hall–Kier alpha value is -1.81. The summed E-state index contributed by atoms with van der Waals surface area (Å²) >= 11 is 3.52. The molecule has 1 atom stereocenters. The van der Waals surface area contributed by atoms with Crippen molar-refractivity contribution in [2.45, 2.75) is 19.4 Å². The Labute approximate surface area is 132 Å². The minimum absolute atomic E-state index is 0.000577. The van der Waals surface area contributed by atoms with Crippen molar-refractivity contribution in [1.82, 2.24) is 0 Å². The molecule has 1 unspecified atom stereocenters. The predicted octanol–water partition coefficient (Wildman–Crippen LogP) is 4.59. The largest absolute Gasteiger partial charge is 0.493 e. The van der Waals surface area contributed by atoms with Crippen LogP contribution in [0, 0.1) is 0 Å². The molecule has 0 spiro atoms. The van der Waals surface area contributed by atoms with Crippen LogP contribution in [0.5, 0.6) is 5.75 Å². The maximum atomic E-state index is 12.2. The molecular weight excluding hydrogens is 330 g/mol. The number of hydrogen-bond acceptors (Lipinski definition) is 3. The van der Waals surface area contributed by atoms with Crippen LogP contribution >= 0.6 is 15.9 Å². The van der Waals surface area contributed by atoms with E-state index in [0.717, 1.165) is 27.0 Å². The van der Waals surface area contributed by atoms with Gasteiger partial charge >= 0.3 is 0 Å². The molecule has 1 aliphatic heterocycles. The van der Waals surface area contributed by atoms with E-state index < -0.39 is 0 Å². The number of rotatable bonds is 3. The maximum Gasteiger partial charge on any atom is 0.167 e. The van der Waals surface area contributed by atoms with Gasteiger partial charge in [0.05, 0.1) is 17.1 Å². The Morgan fingerprint density at radius 1 is 1.29 bits per heavy atom. The summed E-state index contributed by atoms with van der Waals surface area (Å²) in [7, 11) is 0. The van der Waals surface area contributed by atoms with Crippen LogP contribution in [0.3, 0.4) is 0 Å². The van der Waals surface area contributed by atoms with Gasteiger partial charge < -0.3 is 10.1 Å². The monoisotopic (exact) mass is 345 g/mol. The van der Waals surface area contributed by atoms with Gasteiger partial charge in [-0.25, -0.2) is 0 Å². The third-order valence-electron chi connectivity index (χ3n) is 3.60. The highest BCUT2D eigenvalue weighted by Gasteiger charge is 2.25. The van der Waals surface area contributed by atoms with Crippen molar-refractivity contribution < 1.29 is 9.53 Å². The molecular formula is C17H16BrNO2. The highest BCUT2D eigenvalue weighted by atomic mass is 79.9. The van der Waals surface area contributed by atoms with Crippen LogP contribution in [-0.4, -0.2) is 12.4 Å². The number of para-hydroxylation sites is 1. The first-order chi connectivity index (χ1) is 10.2. The molecule has 1 N–H and O–H groups in total. The second kappa shape index (κ2) is 5.90. The van der Waals surface area contributed by atoms with Crippen LogP contribution in [0.1, 0.15) is 35.3 Å². The summed E-state index contributed by atoms with van der Waals surface area (Å²) in [6, 6.07) is 13.6.